The minimum atomic E-state index is 0.00963. The number of hydrogen-bond donors (Lipinski definition) is 0. The van der Waals surface area contributed by atoms with Crippen LogP contribution in [0, 0.1) is 0 Å². The standard InChI is InChI=1S/C26H30N4O4/c1-28-19-22(25(27-28)20-8-9-23-24(18-20)34-16-5-15-33-23)26(31)30-12-10-29(11-13-30)14-17-32-21-6-3-2-4-7-21/h2-4,6-9,18-19H,5,10-17H2,1H3. The highest BCUT2D eigenvalue weighted by molar-refractivity contribution is 6.00. The molecule has 0 atom stereocenters. The van der Waals surface area contributed by atoms with Gasteiger partial charge in [-0.1, -0.05) is 18.2 Å². The monoisotopic (exact) mass is 462 g/mol. The van der Waals surface area contributed by atoms with Gasteiger partial charge < -0.3 is 19.1 Å². The first-order chi connectivity index (χ1) is 16.7. The van der Waals surface area contributed by atoms with Gasteiger partial charge in [0, 0.05) is 58.0 Å². The van der Waals surface area contributed by atoms with Crippen LogP contribution < -0.4 is 14.2 Å². The summed E-state index contributed by atoms with van der Waals surface area (Å²) in [7, 11) is 1.84. The lowest BCUT2D eigenvalue weighted by Crippen LogP contribution is -2.49. The maximum absolute atomic E-state index is 13.4. The molecule has 0 bridgehead atoms. The van der Waals surface area contributed by atoms with Crippen LogP contribution in [-0.4, -0.2) is 78.0 Å². The number of aromatic nitrogens is 2. The predicted molar refractivity (Wildman–Crippen MR) is 129 cm³/mol. The molecule has 1 amide bonds. The van der Waals surface area contributed by atoms with E-state index in [1.165, 1.54) is 0 Å². The fourth-order valence-electron chi connectivity index (χ4n) is 4.32. The van der Waals surface area contributed by atoms with Crippen LogP contribution in [0.15, 0.2) is 54.7 Å². The van der Waals surface area contributed by atoms with Gasteiger partial charge in [-0.25, -0.2) is 0 Å². The van der Waals surface area contributed by atoms with Gasteiger partial charge in [0.1, 0.15) is 18.1 Å². The van der Waals surface area contributed by atoms with E-state index in [1.807, 2.05) is 60.5 Å². The van der Waals surface area contributed by atoms with Crippen LogP contribution in [0.1, 0.15) is 16.8 Å². The lowest BCUT2D eigenvalue weighted by Gasteiger charge is -2.34. The first-order valence-corrected chi connectivity index (χ1v) is 11.8. The zero-order chi connectivity index (χ0) is 23.3. The molecule has 2 aliphatic rings. The van der Waals surface area contributed by atoms with E-state index in [0.29, 0.717) is 49.9 Å². The van der Waals surface area contributed by atoms with Crippen molar-refractivity contribution in [3.8, 4) is 28.5 Å². The summed E-state index contributed by atoms with van der Waals surface area (Å²) < 4.78 is 19.1. The van der Waals surface area contributed by atoms with Crippen LogP contribution >= 0.6 is 0 Å². The number of aryl methyl sites for hydroxylation is 1. The minimum Gasteiger partial charge on any atom is -0.492 e. The van der Waals surface area contributed by atoms with Gasteiger partial charge >= 0.3 is 0 Å². The summed E-state index contributed by atoms with van der Waals surface area (Å²) in [6.45, 7) is 5.74. The molecule has 0 saturated carbocycles. The maximum atomic E-state index is 13.4. The molecule has 1 aromatic heterocycles. The van der Waals surface area contributed by atoms with E-state index in [-0.39, 0.29) is 5.91 Å². The lowest BCUT2D eigenvalue weighted by atomic mass is 10.1. The molecule has 2 aromatic carbocycles. The fraction of sp³-hybridized carbons (Fsp3) is 0.385. The summed E-state index contributed by atoms with van der Waals surface area (Å²) in [5.41, 5.74) is 2.13. The summed E-state index contributed by atoms with van der Waals surface area (Å²) >= 11 is 0. The van der Waals surface area contributed by atoms with Crippen LogP contribution in [0.4, 0.5) is 0 Å². The van der Waals surface area contributed by atoms with Gasteiger partial charge in [-0.2, -0.15) is 5.10 Å². The highest BCUT2D eigenvalue weighted by Crippen LogP contribution is 2.35. The first kappa shape index (κ1) is 22.3. The molecule has 0 N–H and O–H groups in total. The molecular formula is C26H30N4O4. The van der Waals surface area contributed by atoms with Gasteiger partial charge in [-0.3, -0.25) is 14.4 Å². The third-order valence-electron chi connectivity index (χ3n) is 6.16. The van der Waals surface area contributed by atoms with Gasteiger partial charge in [0.2, 0.25) is 0 Å². The number of carbonyl (C=O) groups excluding carboxylic acids is 1. The number of carbonyl (C=O) groups is 1. The van der Waals surface area contributed by atoms with E-state index in [1.54, 1.807) is 10.9 Å². The summed E-state index contributed by atoms with van der Waals surface area (Å²) in [6.07, 6.45) is 2.66. The van der Waals surface area contributed by atoms with Gasteiger partial charge in [-0.15, -0.1) is 0 Å². The summed E-state index contributed by atoms with van der Waals surface area (Å²) in [6, 6.07) is 15.6. The van der Waals surface area contributed by atoms with E-state index >= 15 is 0 Å². The van der Waals surface area contributed by atoms with Crippen molar-refractivity contribution in [1.29, 1.82) is 0 Å². The predicted octanol–water partition coefficient (Wildman–Crippen LogP) is 3.09. The molecular weight excluding hydrogens is 432 g/mol. The van der Waals surface area contributed by atoms with Crippen molar-refractivity contribution in [2.45, 2.75) is 6.42 Å². The molecule has 1 saturated heterocycles. The van der Waals surface area contributed by atoms with Crippen LogP contribution in [-0.2, 0) is 7.05 Å². The number of benzene rings is 2. The van der Waals surface area contributed by atoms with Crippen molar-refractivity contribution in [3.63, 3.8) is 0 Å². The van der Waals surface area contributed by atoms with E-state index in [4.69, 9.17) is 14.2 Å². The van der Waals surface area contributed by atoms with E-state index in [0.717, 1.165) is 43.1 Å². The fourth-order valence-corrected chi connectivity index (χ4v) is 4.32. The Morgan fingerprint density at radius 3 is 2.56 bits per heavy atom. The molecule has 0 aliphatic carbocycles. The number of rotatable bonds is 6. The Kier molecular flexibility index (Phi) is 6.67. The van der Waals surface area contributed by atoms with Crippen molar-refractivity contribution in [2.24, 2.45) is 7.05 Å². The Bertz CT molecular complexity index is 1120. The number of fused-ring (bicyclic) bond motifs is 1. The Labute approximate surface area is 199 Å². The maximum Gasteiger partial charge on any atom is 0.257 e. The molecule has 8 nitrogen and oxygen atoms in total. The van der Waals surface area contributed by atoms with Crippen LogP contribution in [0.5, 0.6) is 17.2 Å². The molecule has 0 spiro atoms. The zero-order valence-corrected chi connectivity index (χ0v) is 19.5. The smallest absolute Gasteiger partial charge is 0.257 e. The minimum absolute atomic E-state index is 0.00963. The summed E-state index contributed by atoms with van der Waals surface area (Å²) in [4.78, 5) is 17.7. The van der Waals surface area contributed by atoms with Crippen molar-refractivity contribution < 1.29 is 19.0 Å². The molecule has 2 aliphatic heterocycles. The molecule has 8 heteroatoms. The SMILES string of the molecule is Cn1cc(C(=O)N2CCN(CCOc3ccccc3)CC2)c(-c2ccc3c(c2)OCCCO3)n1. The van der Waals surface area contributed by atoms with Crippen molar-refractivity contribution in [3.05, 3.63) is 60.3 Å². The van der Waals surface area contributed by atoms with Gasteiger partial charge in [0.15, 0.2) is 11.5 Å². The zero-order valence-electron chi connectivity index (χ0n) is 19.5. The molecule has 178 valence electrons. The highest BCUT2D eigenvalue weighted by Gasteiger charge is 2.26. The average molecular weight is 463 g/mol. The Balaban J connectivity index is 1.22. The average Bonchev–Trinajstić information content (AvgIpc) is 3.11. The van der Waals surface area contributed by atoms with E-state index < -0.39 is 0 Å². The number of ether oxygens (including phenoxy) is 3. The first-order valence-electron chi connectivity index (χ1n) is 11.8. The van der Waals surface area contributed by atoms with Crippen LogP contribution in [0.25, 0.3) is 11.3 Å². The van der Waals surface area contributed by atoms with Gasteiger partial charge in [0.25, 0.3) is 5.91 Å². The number of hydrogen-bond acceptors (Lipinski definition) is 6. The number of piperazine rings is 1. The molecule has 34 heavy (non-hydrogen) atoms. The second kappa shape index (κ2) is 10.2. The quantitative estimate of drug-likeness (QED) is 0.561. The highest BCUT2D eigenvalue weighted by atomic mass is 16.5. The van der Waals surface area contributed by atoms with Gasteiger partial charge in [0.05, 0.1) is 18.8 Å². The Morgan fingerprint density at radius 1 is 1.00 bits per heavy atom. The molecule has 5 rings (SSSR count). The third-order valence-corrected chi connectivity index (χ3v) is 6.16. The van der Waals surface area contributed by atoms with Crippen LogP contribution in [0.3, 0.4) is 0 Å². The summed E-state index contributed by atoms with van der Waals surface area (Å²) in [5, 5.41) is 4.60. The molecule has 3 heterocycles. The third kappa shape index (κ3) is 5.02. The molecule has 1 fully saturated rings. The van der Waals surface area contributed by atoms with Crippen molar-refractivity contribution in [2.75, 3.05) is 52.5 Å². The normalized spacial score (nSPS) is 16.2. The number of para-hydroxylation sites is 1. The lowest BCUT2D eigenvalue weighted by molar-refractivity contribution is 0.0621. The van der Waals surface area contributed by atoms with Crippen LogP contribution in [0.2, 0.25) is 0 Å². The summed E-state index contributed by atoms with van der Waals surface area (Å²) in [5.74, 6) is 2.33. The van der Waals surface area contributed by atoms with E-state index in [2.05, 4.69) is 10.00 Å². The van der Waals surface area contributed by atoms with Crippen molar-refractivity contribution >= 4 is 5.91 Å². The molecule has 0 radical (unpaired) electrons. The molecule has 3 aromatic rings. The Morgan fingerprint density at radius 2 is 1.76 bits per heavy atom. The van der Waals surface area contributed by atoms with Crippen molar-refractivity contribution in [1.82, 2.24) is 19.6 Å². The largest absolute Gasteiger partial charge is 0.492 e. The van der Waals surface area contributed by atoms with E-state index in [9.17, 15) is 4.79 Å². The second-order valence-electron chi connectivity index (χ2n) is 8.57. The second-order valence-corrected chi connectivity index (χ2v) is 8.57. The van der Waals surface area contributed by atoms with Gasteiger partial charge in [-0.05, 0) is 30.3 Å². The Hall–Kier alpha value is -3.52. The number of amides is 1. The number of nitrogens with zero attached hydrogens (tertiary/aromatic N) is 4. The molecule has 0 unspecified atom stereocenters. The topological polar surface area (TPSA) is 69.1 Å².